The maximum absolute atomic E-state index is 13.8. The molecule has 0 spiro atoms. The predicted molar refractivity (Wildman–Crippen MR) is 95.1 cm³/mol. The first-order valence-corrected chi connectivity index (χ1v) is 8.83. The zero-order valence-corrected chi connectivity index (χ0v) is 14.7. The van der Waals surface area contributed by atoms with Crippen LogP contribution in [0.2, 0.25) is 0 Å². The molecule has 1 atom stereocenters. The number of halogens is 2. The molecule has 0 saturated carbocycles. The van der Waals surface area contributed by atoms with Gasteiger partial charge in [0.2, 0.25) is 0 Å². The molecule has 0 fully saturated rings. The maximum Gasteiger partial charge on any atom is 0.251 e. The highest BCUT2D eigenvalue weighted by molar-refractivity contribution is 7.07. The van der Waals surface area contributed by atoms with E-state index in [9.17, 15) is 13.6 Å². The summed E-state index contributed by atoms with van der Waals surface area (Å²) < 4.78 is 32.5. The fourth-order valence-corrected chi connectivity index (χ4v) is 2.95. The highest BCUT2D eigenvalue weighted by atomic mass is 32.1. The number of rotatable bonds is 6. The van der Waals surface area contributed by atoms with Crippen molar-refractivity contribution in [1.29, 1.82) is 0 Å². The number of carbonyl (C=O) groups is 1. The van der Waals surface area contributed by atoms with Crippen molar-refractivity contribution in [3.05, 3.63) is 81.8 Å². The lowest BCUT2D eigenvalue weighted by molar-refractivity contribution is 0.0939. The first-order valence-electron chi connectivity index (χ1n) is 7.88. The minimum absolute atomic E-state index is 0.218. The number of nitrogens with zero attached hydrogens (tertiary/aromatic N) is 1. The number of hydrogen-bond donors (Lipinski definition) is 1. The van der Waals surface area contributed by atoms with Gasteiger partial charge in [-0.1, -0.05) is 12.1 Å². The van der Waals surface area contributed by atoms with Gasteiger partial charge in [0.1, 0.15) is 24.0 Å². The third kappa shape index (κ3) is 4.43. The van der Waals surface area contributed by atoms with E-state index >= 15 is 0 Å². The Kier molecular flexibility index (Phi) is 5.58. The highest BCUT2D eigenvalue weighted by Gasteiger charge is 2.16. The van der Waals surface area contributed by atoms with Crippen LogP contribution in [-0.4, -0.2) is 10.9 Å². The van der Waals surface area contributed by atoms with Crippen molar-refractivity contribution in [3.63, 3.8) is 0 Å². The number of amides is 1. The molecule has 0 bridgehead atoms. The second-order valence-corrected chi connectivity index (χ2v) is 6.38. The molecule has 3 rings (SSSR count). The SMILES string of the molecule is CC(NC(=O)c1cccc(OCc2cscn2)c1)c1ccc(F)cc1F. The first kappa shape index (κ1) is 18.0. The van der Waals surface area contributed by atoms with Crippen LogP contribution in [0.4, 0.5) is 8.78 Å². The molecule has 1 heterocycles. The van der Waals surface area contributed by atoms with Gasteiger partial charge in [0.15, 0.2) is 0 Å². The van der Waals surface area contributed by atoms with Crippen molar-refractivity contribution in [2.45, 2.75) is 19.6 Å². The molecule has 1 aromatic heterocycles. The van der Waals surface area contributed by atoms with E-state index in [0.717, 1.165) is 17.8 Å². The Bertz CT molecular complexity index is 900. The summed E-state index contributed by atoms with van der Waals surface area (Å²) >= 11 is 1.48. The van der Waals surface area contributed by atoms with Gasteiger partial charge in [-0.3, -0.25) is 4.79 Å². The minimum Gasteiger partial charge on any atom is -0.487 e. The Morgan fingerprint density at radius 3 is 2.85 bits per heavy atom. The molecule has 3 aromatic rings. The Morgan fingerprint density at radius 1 is 1.27 bits per heavy atom. The molecule has 0 aliphatic rings. The van der Waals surface area contributed by atoms with Gasteiger partial charge in [-0.2, -0.15) is 0 Å². The van der Waals surface area contributed by atoms with Crippen molar-refractivity contribution >= 4 is 17.2 Å². The Morgan fingerprint density at radius 2 is 2.12 bits per heavy atom. The number of aromatic nitrogens is 1. The summed E-state index contributed by atoms with van der Waals surface area (Å²) in [5.74, 6) is -1.19. The summed E-state index contributed by atoms with van der Waals surface area (Å²) in [6.07, 6.45) is 0. The average molecular weight is 374 g/mol. The van der Waals surface area contributed by atoms with Crippen LogP contribution in [0.3, 0.4) is 0 Å². The number of ether oxygens (including phenoxy) is 1. The molecule has 1 amide bonds. The lowest BCUT2D eigenvalue weighted by Gasteiger charge is -2.15. The lowest BCUT2D eigenvalue weighted by atomic mass is 10.1. The van der Waals surface area contributed by atoms with E-state index in [0.29, 0.717) is 17.9 Å². The van der Waals surface area contributed by atoms with E-state index in [4.69, 9.17) is 4.74 Å². The van der Waals surface area contributed by atoms with Crippen LogP contribution in [0.1, 0.15) is 34.6 Å². The molecule has 7 heteroatoms. The van der Waals surface area contributed by atoms with Crippen LogP contribution in [0.25, 0.3) is 0 Å². The van der Waals surface area contributed by atoms with Gasteiger partial charge in [0, 0.05) is 22.6 Å². The van der Waals surface area contributed by atoms with Crippen LogP contribution < -0.4 is 10.1 Å². The predicted octanol–water partition coefficient (Wildman–Crippen LogP) is 4.49. The second-order valence-electron chi connectivity index (χ2n) is 5.66. The molecule has 1 N–H and O–H groups in total. The van der Waals surface area contributed by atoms with Crippen LogP contribution in [0, 0.1) is 11.6 Å². The summed E-state index contributed by atoms with van der Waals surface area (Å²) in [7, 11) is 0. The van der Waals surface area contributed by atoms with Gasteiger partial charge in [0.25, 0.3) is 5.91 Å². The Balaban J connectivity index is 1.66. The van der Waals surface area contributed by atoms with Gasteiger partial charge < -0.3 is 10.1 Å². The van der Waals surface area contributed by atoms with Crippen molar-refractivity contribution in [3.8, 4) is 5.75 Å². The fraction of sp³-hybridized carbons (Fsp3) is 0.158. The minimum atomic E-state index is -0.696. The van der Waals surface area contributed by atoms with E-state index in [1.807, 2.05) is 5.38 Å². The molecule has 1 unspecified atom stereocenters. The van der Waals surface area contributed by atoms with Gasteiger partial charge >= 0.3 is 0 Å². The third-order valence-electron chi connectivity index (χ3n) is 3.74. The molecular weight excluding hydrogens is 358 g/mol. The molecule has 0 aliphatic carbocycles. The van der Waals surface area contributed by atoms with Crippen LogP contribution in [0.15, 0.2) is 53.4 Å². The standard InChI is InChI=1S/C19H16F2N2O2S/c1-12(17-6-5-14(20)8-18(17)21)23-19(24)13-3-2-4-16(7-13)25-9-15-10-26-11-22-15/h2-8,10-12H,9H2,1H3,(H,23,24). The summed E-state index contributed by atoms with van der Waals surface area (Å²) in [5.41, 5.74) is 3.13. The first-order chi connectivity index (χ1) is 12.5. The normalized spacial score (nSPS) is 11.8. The molecule has 2 aromatic carbocycles. The van der Waals surface area contributed by atoms with E-state index in [1.54, 1.807) is 36.7 Å². The summed E-state index contributed by atoms with van der Waals surface area (Å²) in [5, 5.41) is 4.59. The smallest absolute Gasteiger partial charge is 0.251 e. The molecular formula is C19H16F2N2O2S. The third-order valence-corrected chi connectivity index (χ3v) is 4.38. The Hall–Kier alpha value is -2.80. The quantitative estimate of drug-likeness (QED) is 0.692. The molecule has 0 saturated heterocycles. The van der Waals surface area contributed by atoms with Crippen molar-refractivity contribution in [2.75, 3.05) is 0 Å². The zero-order valence-electron chi connectivity index (χ0n) is 13.9. The lowest BCUT2D eigenvalue weighted by Crippen LogP contribution is -2.27. The van der Waals surface area contributed by atoms with Gasteiger partial charge in [-0.05, 0) is 31.2 Å². The summed E-state index contributed by atoms with van der Waals surface area (Å²) in [4.78, 5) is 16.5. The van der Waals surface area contributed by atoms with Crippen molar-refractivity contribution in [2.24, 2.45) is 0 Å². The maximum atomic E-state index is 13.8. The molecule has 0 aliphatic heterocycles. The van der Waals surface area contributed by atoms with Crippen LogP contribution in [0.5, 0.6) is 5.75 Å². The topological polar surface area (TPSA) is 51.2 Å². The van der Waals surface area contributed by atoms with Crippen molar-refractivity contribution in [1.82, 2.24) is 10.3 Å². The van der Waals surface area contributed by atoms with Gasteiger partial charge in [0.05, 0.1) is 17.2 Å². The van der Waals surface area contributed by atoms with Gasteiger partial charge in [-0.15, -0.1) is 11.3 Å². The average Bonchev–Trinajstić information content (AvgIpc) is 3.13. The number of carbonyl (C=O) groups excluding carboxylic acids is 1. The van der Waals surface area contributed by atoms with Crippen molar-refractivity contribution < 1.29 is 18.3 Å². The number of nitrogens with one attached hydrogen (secondary N) is 1. The fourth-order valence-electron chi connectivity index (χ4n) is 2.40. The summed E-state index contributed by atoms with van der Waals surface area (Å²) in [6.45, 7) is 1.95. The van der Waals surface area contributed by atoms with Crippen LogP contribution in [-0.2, 0) is 6.61 Å². The number of hydrogen-bond acceptors (Lipinski definition) is 4. The molecule has 0 radical (unpaired) electrons. The molecule has 134 valence electrons. The van der Waals surface area contributed by atoms with E-state index in [2.05, 4.69) is 10.3 Å². The van der Waals surface area contributed by atoms with Crippen LogP contribution >= 0.6 is 11.3 Å². The van der Waals surface area contributed by atoms with E-state index in [-0.39, 0.29) is 11.5 Å². The highest BCUT2D eigenvalue weighted by Crippen LogP contribution is 2.20. The van der Waals surface area contributed by atoms with Gasteiger partial charge in [-0.25, -0.2) is 13.8 Å². The Labute approximate surface area is 153 Å². The zero-order chi connectivity index (χ0) is 18.5. The van der Waals surface area contributed by atoms with E-state index in [1.165, 1.54) is 17.4 Å². The summed E-state index contributed by atoms with van der Waals surface area (Å²) in [6, 6.07) is 9.36. The number of benzene rings is 2. The second kappa shape index (κ2) is 8.05. The largest absolute Gasteiger partial charge is 0.487 e. The van der Waals surface area contributed by atoms with E-state index < -0.39 is 17.7 Å². The molecule has 26 heavy (non-hydrogen) atoms. The molecule has 4 nitrogen and oxygen atoms in total. The monoisotopic (exact) mass is 374 g/mol. The number of thiazole rings is 1.